The summed E-state index contributed by atoms with van der Waals surface area (Å²) in [6.45, 7) is 6.76. The molecule has 29 heavy (non-hydrogen) atoms. The molecule has 0 bridgehead atoms. The van der Waals surface area contributed by atoms with Crippen LogP contribution < -0.4 is 0 Å². The number of hydrogen-bond acceptors (Lipinski definition) is 9. The Balaban J connectivity index is 1.91. The summed E-state index contributed by atoms with van der Waals surface area (Å²) in [5.41, 5.74) is 0. The predicted octanol–water partition coefficient (Wildman–Crippen LogP) is -0.784. The first-order chi connectivity index (χ1) is 13.4. The molecule has 0 aliphatic carbocycles. The van der Waals surface area contributed by atoms with Crippen LogP contribution in [0.2, 0.25) is 0 Å². The van der Waals surface area contributed by atoms with Crippen LogP contribution in [-0.4, -0.2) is 105 Å². The fourth-order valence-electron chi connectivity index (χ4n) is 3.05. The summed E-state index contributed by atoms with van der Waals surface area (Å²) in [6.07, 6.45) is -6.59. The van der Waals surface area contributed by atoms with E-state index in [-0.39, 0.29) is 18.8 Å². The van der Waals surface area contributed by atoms with Gasteiger partial charge in [-0.2, -0.15) is 0 Å². The van der Waals surface area contributed by atoms with Crippen molar-refractivity contribution in [2.75, 3.05) is 13.2 Å². The minimum absolute atomic E-state index is 0.0445. The molecule has 0 aromatic heterocycles. The van der Waals surface area contributed by atoms with Gasteiger partial charge in [0.05, 0.1) is 25.4 Å². The van der Waals surface area contributed by atoms with Gasteiger partial charge in [-0.05, 0) is 27.7 Å². The average molecular weight is 434 g/mol. The van der Waals surface area contributed by atoms with Gasteiger partial charge in [0.2, 0.25) is 0 Å². The van der Waals surface area contributed by atoms with Crippen LogP contribution in [0.15, 0.2) is 0 Å². The second-order valence-corrected chi connectivity index (χ2v) is 9.03. The van der Waals surface area contributed by atoms with Gasteiger partial charge in [-0.1, -0.05) is 0 Å². The van der Waals surface area contributed by atoms with Crippen molar-refractivity contribution in [3.8, 4) is 0 Å². The number of aliphatic hydroxyl groups excluding tert-OH is 2. The summed E-state index contributed by atoms with van der Waals surface area (Å²) in [7, 11) is 6.77. The molecule has 2 saturated heterocycles. The van der Waals surface area contributed by atoms with E-state index in [1.54, 1.807) is 13.8 Å². The van der Waals surface area contributed by atoms with Crippen LogP contribution >= 0.6 is 7.82 Å². The Morgan fingerprint density at radius 1 is 0.931 bits per heavy atom. The van der Waals surface area contributed by atoms with E-state index < -0.39 is 63.1 Å². The summed E-state index contributed by atoms with van der Waals surface area (Å²) in [4.78, 5) is 10.0. The highest BCUT2D eigenvalue weighted by Crippen LogP contribution is 2.47. The lowest BCUT2D eigenvalue weighted by atomic mass is 9.93. The summed E-state index contributed by atoms with van der Waals surface area (Å²) in [5.74, 6) is 0. The Morgan fingerprint density at radius 3 is 2.14 bits per heavy atom. The normalized spacial score (nSPS) is 40.0. The molecule has 0 amide bonds. The van der Waals surface area contributed by atoms with Crippen molar-refractivity contribution in [3.05, 3.63) is 0 Å². The second-order valence-electron chi connectivity index (χ2n) is 7.63. The van der Waals surface area contributed by atoms with Crippen LogP contribution in [0.25, 0.3) is 0 Å². The molecule has 4 radical (unpaired) electrons. The highest BCUT2D eigenvalue weighted by molar-refractivity contribution is 7.47. The molecule has 10 nitrogen and oxygen atoms in total. The van der Waals surface area contributed by atoms with Crippen LogP contribution in [0.1, 0.15) is 27.7 Å². The van der Waals surface area contributed by atoms with Gasteiger partial charge in [-0.25, -0.2) is 4.57 Å². The van der Waals surface area contributed by atoms with E-state index >= 15 is 0 Å². The second kappa shape index (κ2) is 10.5. The van der Waals surface area contributed by atoms with Crippen molar-refractivity contribution in [2.24, 2.45) is 0 Å². The zero-order valence-electron chi connectivity index (χ0n) is 17.0. The third-order valence-electron chi connectivity index (χ3n) is 4.42. The number of aliphatic hydroxyl groups is 2. The Bertz CT molecular complexity index is 568. The van der Waals surface area contributed by atoms with E-state index in [1.165, 1.54) is 0 Å². The van der Waals surface area contributed by atoms with Crippen molar-refractivity contribution >= 4 is 23.5 Å². The molecular weight excluding hydrogens is 405 g/mol. The Labute approximate surface area is 173 Å². The Hall–Kier alpha value is -0.000130. The SMILES string of the molecule is [B][C@@H]1O[C@H](COP(=O)(O)O[C@H]2C(O)[C@@H](COC(C)C)O[C@H]2[B])C(OC(C)C)[C@@H]1O. The third-order valence-corrected chi connectivity index (χ3v) is 5.41. The molecule has 3 unspecified atom stereocenters. The van der Waals surface area contributed by atoms with E-state index in [4.69, 9.17) is 43.7 Å². The molecule has 2 heterocycles. The number of rotatable bonds is 10. The van der Waals surface area contributed by atoms with E-state index in [9.17, 15) is 19.7 Å². The van der Waals surface area contributed by atoms with Crippen LogP contribution in [-0.2, 0) is 32.6 Å². The van der Waals surface area contributed by atoms with Crippen molar-refractivity contribution in [1.29, 1.82) is 0 Å². The topological polar surface area (TPSA) is 133 Å². The lowest BCUT2D eigenvalue weighted by Gasteiger charge is -2.25. The molecule has 2 aliphatic rings. The molecule has 13 heteroatoms. The van der Waals surface area contributed by atoms with Crippen molar-refractivity contribution < 1.29 is 47.7 Å². The monoisotopic (exact) mass is 434 g/mol. The van der Waals surface area contributed by atoms with Crippen molar-refractivity contribution in [1.82, 2.24) is 0 Å². The summed E-state index contributed by atoms with van der Waals surface area (Å²) in [6, 6.07) is -2.17. The molecule has 2 aliphatic heterocycles. The summed E-state index contributed by atoms with van der Waals surface area (Å²) < 4.78 is 44.0. The highest BCUT2D eigenvalue weighted by atomic mass is 31.2. The van der Waals surface area contributed by atoms with E-state index in [2.05, 4.69) is 0 Å². The standard InChI is InChI=1S/C16H29B2O10P/c1-7(2)23-5-9-11(19)14(16(18)26-9)28-29(21,22)24-6-10-13(25-8(3)4)12(20)15(17)27-10/h7-16,19-20H,5-6H2,1-4H3,(H,21,22)/t9-,10-,11?,12+,13?,14+,15-,16-/m1/s1. The van der Waals surface area contributed by atoms with Crippen LogP contribution in [0.5, 0.6) is 0 Å². The van der Waals surface area contributed by atoms with Gasteiger partial charge in [0.15, 0.2) is 0 Å². The lowest BCUT2D eigenvalue weighted by Crippen LogP contribution is -2.39. The van der Waals surface area contributed by atoms with Crippen LogP contribution in [0.4, 0.5) is 0 Å². The number of ether oxygens (including phenoxy) is 4. The summed E-state index contributed by atoms with van der Waals surface area (Å²) >= 11 is 0. The van der Waals surface area contributed by atoms with Gasteiger partial charge in [0, 0.05) is 12.0 Å². The molecule has 164 valence electrons. The van der Waals surface area contributed by atoms with Crippen LogP contribution in [0, 0.1) is 0 Å². The number of hydrogen-bond donors (Lipinski definition) is 3. The third kappa shape index (κ3) is 7.00. The molecule has 0 saturated carbocycles. The smallest absolute Gasteiger partial charge is 0.388 e. The fraction of sp³-hybridized carbons (Fsp3) is 1.00. The van der Waals surface area contributed by atoms with Gasteiger partial charge in [0.25, 0.3) is 0 Å². The molecule has 9 atom stereocenters. The van der Waals surface area contributed by atoms with Gasteiger partial charge < -0.3 is 34.1 Å². The highest BCUT2D eigenvalue weighted by Gasteiger charge is 2.47. The van der Waals surface area contributed by atoms with Gasteiger partial charge in [-0.15, -0.1) is 0 Å². The largest absolute Gasteiger partial charge is 0.472 e. The zero-order valence-corrected chi connectivity index (χ0v) is 17.9. The van der Waals surface area contributed by atoms with Crippen molar-refractivity contribution in [2.45, 2.75) is 88.5 Å². The fourth-order valence-corrected chi connectivity index (χ4v) is 4.00. The molecule has 2 rings (SSSR count). The van der Waals surface area contributed by atoms with Gasteiger partial charge in [-0.3, -0.25) is 9.05 Å². The number of phosphoric acid groups is 1. The Morgan fingerprint density at radius 2 is 1.55 bits per heavy atom. The maximum absolute atomic E-state index is 12.3. The maximum atomic E-state index is 12.3. The summed E-state index contributed by atoms with van der Waals surface area (Å²) in [5, 5.41) is 20.3. The first-order valence-electron chi connectivity index (χ1n) is 9.52. The van der Waals surface area contributed by atoms with E-state index in [0.717, 1.165) is 0 Å². The van der Waals surface area contributed by atoms with Gasteiger partial charge in [0.1, 0.15) is 52.3 Å². The molecular formula is C16H29B2O10P. The minimum atomic E-state index is -4.65. The number of phosphoric ester groups is 1. The minimum Gasteiger partial charge on any atom is -0.388 e. The average Bonchev–Trinajstić information content (AvgIpc) is 3.02. The quantitative estimate of drug-likeness (QED) is 0.297. The molecule has 2 fully saturated rings. The zero-order chi connectivity index (χ0) is 21.9. The van der Waals surface area contributed by atoms with E-state index in [0.29, 0.717) is 0 Å². The van der Waals surface area contributed by atoms with Crippen molar-refractivity contribution in [3.63, 3.8) is 0 Å². The first-order valence-corrected chi connectivity index (χ1v) is 11.0. The molecule has 0 spiro atoms. The maximum Gasteiger partial charge on any atom is 0.472 e. The van der Waals surface area contributed by atoms with E-state index in [1.807, 2.05) is 13.8 Å². The molecule has 0 aromatic carbocycles. The van der Waals surface area contributed by atoms with Gasteiger partial charge >= 0.3 is 7.82 Å². The lowest BCUT2D eigenvalue weighted by molar-refractivity contribution is -0.0787. The predicted molar refractivity (Wildman–Crippen MR) is 103 cm³/mol. The van der Waals surface area contributed by atoms with Crippen LogP contribution in [0.3, 0.4) is 0 Å². The Kier molecular flexibility index (Phi) is 9.18. The first kappa shape index (κ1) is 25.3. The molecule has 0 aromatic rings. The molecule has 3 N–H and O–H groups in total.